The maximum atomic E-state index is 13.0. The molecule has 4 rings (SSSR count). The van der Waals surface area contributed by atoms with Crippen LogP contribution in [-0.2, 0) is 0 Å². The van der Waals surface area contributed by atoms with Gasteiger partial charge in [0.05, 0.1) is 24.5 Å². The Labute approximate surface area is 191 Å². The number of halogens is 1. The number of hydrogen-bond acceptors (Lipinski definition) is 4. The van der Waals surface area contributed by atoms with E-state index >= 15 is 0 Å². The van der Waals surface area contributed by atoms with E-state index in [0.29, 0.717) is 18.1 Å². The number of ether oxygens (including phenoxy) is 1. The van der Waals surface area contributed by atoms with Gasteiger partial charge in [0.2, 0.25) is 0 Å². The molecule has 7 heteroatoms. The first-order chi connectivity index (χ1) is 16.0. The lowest BCUT2D eigenvalue weighted by Gasteiger charge is -2.28. The summed E-state index contributed by atoms with van der Waals surface area (Å²) < 4.78 is 20.6. The number of carbonyl (C=O) groups is 1. The Morgan fingerprint density at radius 3 is 2.79 bits per heavy atom. The molecule has 168 valence electrons. The first-order valence-electron chi connectivity index (χ1n) is 10.7. The average molecular weight is 445 g/mol. The van der Waals surface area contributed by atoms with E-state index in [9.17, 15) is 14.3 Å². The van der Waals surface area contributed by atoms with Crippen molar-refractivity contribution in [1.29, 1.82) is 5.41 Å². The van der Waals surface area contributed by atoms with Crippen molar-refractivity contribution in [2.75, 3.05) is 6.61 Å². The minimum Gasteiger partial charge on any atom is -0.494 e. The van der Waals surface area contributed by atoms with Crippen LogP contribution in [0.3, 0.4) is 0 Å². The number of aromatic carboxylic acids is 1. The van der Waals surface area contributed by atoms with Gasteiger partial charge in [0, 0.05) is 29.6 Å². The number of nitrogens with zero attached hydrogens (tertiary/aromatic N) is 2. The molecule has 3 aromatic rings. The van der Waals surface area contributed by atoms with Crippen LogP contribution in [0, 0.1) is 17.1 Å². The van der Waals surface area contributed by atoms with E-state index in [0.717, 1.165) is 24.0 Å². The van der Waals surface area contributed by atoms with Crippen LogP contribution in [0.15, 0.2) is 91.1 Å². The summed E-state index contributed by atoms with van der Waals surface area (Å²) in [6.45, 7) is 0.466. The van der Waals surface area contributed by atoms with Gasteiger partial charge in [-0.2, -0.15) is 0 Å². The van der Waals surface area contributed by atoms with Gasteiger partial charge in [-0.05, 0) is 54.8 Å². The maximum Gasteiger partial charge on any atom is 0.335 e. The van der Waals surface area contributed by atoms with E-state index in [2.05, 4.69) is 4.98 Å². The number of rotatable bonds is 9. The molecule has 0 radical (unpaired) electrons. The molecule has 2 unspecified atom stereocenters. The number of benzene rings is 2. The molecule has 0 saturated carbocycles. The van der Waals surface area contributed by atoms with Crippen molar-refractivity contribution in [3.05, 3.63) is 108 Å². The fourth-order valence-corrected chi connectivity index (χ4v) is 3.97. The second kappa shape index (κ2) is 10.1. The molecule has 2 N–H and O–H groups in total. The predicted molar refractivity (Wildman–Crippen MR) is 123 cm³/mol. The molecule has 2 atom stereocenters. The number of carboxylic acids is 1. The van der Waals surface area contributed by atoms with Crippen LogP contribution in [0.4, 0.5) is 4.39 Å². The van der Waals surface area contributed by atoms with Gasteiger partial charge < -0.3 is 19.8 Å². The average Bonchev–Trinajstić information content (AvgIpc) is 3.35. The molecule has 0 saturated heterocycles. The van der Waals surface area contributed by atoms with Crippen molar-refractivity contribution >= 4 is 11.7 Å². The van der Waals surface area contributed by atoms with E-state index in [1.165, 1.54) is 12.1 Å². The van der Waals surface area contributed by atoms with Gasteiger partial charge in [-0.25, -0.2) is 14.2 Å². The lowest BCUT2D eigenvalue weighted by molar-refractivity contribution is 0.0696. The molecule has 0 fully saturated rings. The van der Waals surface area contributed by atoms with E-state index in [1.807, 2.05) is 35.1 Å². The van der Waals surface area contributed by atoms with Gasteiger partial charge in [0.1, 0.15) is 11.6 Å². The minimum atomic E-state index is -0.993. The molecule has 0 aliphatic heterocycles. The maximum absolute atomic E-state index is 13.0. The molecule has 1 aliphatic carbocycles. The number of aromatic nitrogens is 2. The monoisotopic (exact) mass is 445 g/mol. The van der Waals surface area contributed by atoms with Gasteiger partial charge in [0.15, 0.2) is 0 Å². The molecule has 0 spiro atoms. The Kier molecular flexibility index (Phi) is 6.78. The summed E-state index contributed by atoms with van der Waals surface area (Å²) in [5.74, 6) is -0.767. The summed E-state index contributed by atoms with van der Waals surface area (Å²) in [7, 11) is 0. The standard InChI is InChI=1S/C26H24FN3O3/c27-21-9-11-22(12-10-21)33-15-3-7-18-4-2-8-23(24(18)28)25(30-14-13-29-17-30)19-5-1-6-20(16-19)26(31)32/h1-2,4-6,8-14,16-18,25,28H,3,7,15H2,(H,31,32). The Morgan fingerprint density at radius 2 is 2.06 bits per heavy atom. The quantitative estimate of drug-likeness (QED) is 0.438. The van der Waals surface area contributed by atoms with Crippen molar-refractivity contribution in [1.82, 2.24) is 9.55 Å². The van der Waals surface area contributed by atoms with Gasteiger partial charge in [0.25, 0.3) is 0 Å². The van der Waals surface area contributed by atoms with Crippen LogP contribution >= 0.6 is 0 Å². The molecule has 0 bridgehead atoms. The lowest BCUT2D eigenvalue weighted by Crippen LogP contribution is -2.25. The normalized spacial score (nSPS) is 16.3. The number of nitrogens with one attached hydrogen (secondary N) is 1. The molecular weight excluding hydrogens is 421 g/mol. The zero-order valence-corrected chi connectivity index (χ0v) is 17.9. The number of allylic oxidation sites excluding steroid dienone is 4. The highest BCUT2D eigenvalue weighted by atomic mass is 19.1. The smallest absolute Gasteiger partial charge is 0.335 e. The highest BCUT2D eigenvalue weighted by Crippen LogP contribution is 2.33. The van der Waals surface area contributed by atoms with Crippen LogP contribution < -0.4 is 4.74 Å². The summed E-state index contributed by atoms with van der Waals surface area (Å²) in [6.07, 6.45) is 12.5. The van der Waals surface area contributed by atoms with E-state index < -0.39 is 5.97 Å². The van der Waals surface area contributed by atoms with Crippen molar-refractivity contribution in [3.8, 4) is 5.75 Å². The molecular formula is C26H24FN3O3. The van der Waals surface area contributed by atoms with Gasteiger partial charge in [-0.1, -0.05) is 30.4 Å². The summed E-state index contributed by atoms with van der Waals surface area (Å²) in [4.78, 5) is 15.7. The SMILES string of the molecule is N=C1C(C(c2cccc(C(=O)O)c2)n2ccnc2)=CC=CC1CCCOc1ccc(F)cc1. The van der Waals surface area contributed by atoms with Crippen LogP contribution in [0.1, 0.15) is 34.8 Å². The zero-order chi connectivity index (χ0) is 23.2. The Hall–Kier alpha value is -4.00. The molecule has 6 nitrogen and oxygen atoms in total. The first-order valence-corrected chi connectivity index (χ1v) is 10.7. The van der Waals surface area contributed by atoms with Crippen LogP contribution in [0.5, 0.6) is 5.75 Å². The van der Waals surface area contributed by atoms with Crippen LogP contribution in [0.25, 0.3) is 0 Å². The molecule has 2 aromatic carbocycles. The van der Waals surface area contributed by atoms with Crippen molar-refractivity contribution in [2.24, 2.45) is 5.92 Å². The fraction of sp³-hybridized carbons (Fsp3) is 0.192. The van der Waals surface area contributed by atoms with E-state index in [1.54, 1.807) is 42.9 Å². The van der Waals surface area contributed by atoms with Crippen molar-refractivity contribution in [2.45, 2.75) is 18.9 Å². The third kappa shape index (κ3) is 5.26. The highest BCUT2D eigenvalue weighted by Gasteiger charge is 2.27. The third-order valence-corrected chi connectivity index (χ3v) is 5.61. The topological polar surface area (TPSA) is 88.2 Å². The Morgan fingerprint density at radius 1 is 1.24 bits per heavy atom. The van der Waals surface area contributed by atoms with Gasteiger partial charge >= 0.3 is 5.97 Å². The summed E-state index contributed by atoms with van der Waals surface area (Å²) in [5, 5.41) is 18.3. The van der Waals surface area contributed by atoms with Gasteiger partial charge in [-0.3, -0.25) is 0 Å². The molecule has 1 aliphatic rings. The summed E-state index contributed by atoms with van der Waals surface area (Å²) in [5.41, 5.74) is 2.25. The molecule has 1 heterocycles. The lowest BCUT2D eigenvalue weighted by atomic mass is 9.83. The molecule has 1 aromatic heterocycles. The Balaban J connectivity index is 1.48. The van der Waals surface area contributed by atoms with Crippen LogP contribution in [0.2, 0.25) is 0 Å². The van der Waals surface area contributed by atoms with Crippen LogP contribution in [-0.4, -0.2) is 32.9 Å². The fourth-order valence-electron chi connectivity index (χ4n) is 3.97. The second-order valence-electron chi connectivity index (χ2n) is 7.81. The largest absolute Gasteiger partial charge is 0.494 e. The summed E-state index contributed by atoms with van der Waals surface area (Å²) in [6, 6.07) is 12.3. The van der Waals surface area contributed by atoms with E-state index in [4.69, 9.17) is 10.1 Å². The van der Waals surface area contributed by atoms with Crippen molar-refractivity contribution < 1.29 is 19.0 Å². The first kappa shape index (κ1) is 22.2. The van der Waals surface area contributed by atoms with E-state index in [-0.39, 0.29) is 23.3 Å². The molecule has 0 amide bonds. The Bertz CT molecular complexity index is 1180. The van der Waals surface area contributed by atoms with Gasteiger partial charge in [-0.15, -0.1) is 0 Å². The minimum absolute atomic E-state index is 0.0875. The number of imidazole rings is 1. The third-order valence-electron chi connectivity index (χ3n) is 5.61. The summed E-state index contributed by atoms with van der Waals surface area (Å²) >= 11 is 0. The molecule has 33 heavy (non-hydrogen) atoms. The van der Waals surface area contributed by atoms with Crippen molar-refractivity contribution in [3.63, 3.8) is 0 Å². The number of hydrogen-bond donors (Lipinski definition) is 2. The number of carboxylic acid groups (broad SMARTS) is 1. The highest BCUT2D eigenvalue weighted by molar-refractivity contribution is 6.03. The predicted octanol–water partition coefficient (Wildman–Crippen LogP) is 5.30. The zero-order valence-electron chi connectivity index (χ0n) is 17.9. The second-order valence-corrected chi connectivity index (χ2v) is 7.81.